The molecule has 3 aromatic rings. The second-order valence-corrected chi connectivity index (χ2v) is 8.61. The van der Waals surface area contributed by atoms with Crippen molar-refractivity contribution < 1.29 is 22.0 Å². The second-order valence-electron chi connectivity index (χ2n) is 7.04. The Kier molecular flexibility index (Phi) is 6.38. The molecule has 0 radical (unpaired) electrons. The van der Waals surface area contributed by atoms with Crippen LogP contribution in [0.3, 0.4) is 0 Å². The molecule has 2 aromatic carbocycles. The number of hydrogen-bond acceptors (Lipinski definition) is 4. The molecular formula is C22H23FN2O4S. The van der Waals surface area contributed by atoms with Crippen molar-refractivity contribution in [2.45, 2.75) is 30.7 Å². The first kappa shape index (κ1) is 21.7. The van der Waals surface area contributed by atoms with E-state index in [9.17, 15) is 17.6 Å². The number of sulfonamides is 1. The van der Waals surface area contributed by atoms with Gasteiger partial charge in [-0.25, -0.2) is 17.9 Å². The van der Waals surface area contributed by atoms with Crippen LogP contribution in [0.2, 0.25) is 0 Å². The summed E-state index contributed by atoms with van der Waals surface area (Å²) in [5.74, 6) is 0.494. The van der Waals surface area contributed by atoms with Crippen molar-refractivity contribution >= 4 is 15.9 Å². The molecule has 8 heteroatoms. The average molecular weight is 431 g/mol. The van der Waals surface area contributed by atoms with Gasteiger partial charge in [0.05, 0.1) is 16.5 Å². The molecule has 158 valence electrons. The van der Waals surface area contributed by atoms with Crippen LogP contribution in [-0.2, 0) is 21.2 Å². The monoisotopic (exact) mass is 430 g/mol. The normalized spacial score (nSPS) is 12.5. The lowest BCUT2D eigenvalue weighted by Gasteiger charge is -2.25. The maximum Gasteiger partial charge on any atom is 0.238 e. The number of aryl methyl sites for hydroxylation is 1. The number of amides is 1. The van der Waals surface area contributed by atoms with Crippen molar-refractivity contribution in [3.05, 3.63) is 77.8 Å². The van der Waals surface area contributed by atoms with E-state index in [1.54, 1.807) is 54.4 Å². The third kappa shape index (κ3) is 4.95. The lowest BCUT2D eigenvalue weighted by atomic mass is 10.1. The van der Waals surface area contributed by atoms with Crippen LogP contribution in [0.5, 0.6) is 0 Å². The van der Waals surface area contributed by atoms with Crippen LogP contribution < -0.4 is 5.14 Å². The lowest BCUT2D eigenvalue weighted by Crippen LogP contribution is -2.30. The van der Waals surface area contributed by atoms with Gasteiger partial charge in [-0.1, -0.05) is 24.3 Å². The van der Waals surface area contributed by atoms with Crippen molar-refractivity contribution in [3.8, 4) is 11.3 Å². The molecule has 6 nitrogen and oxygen atoms in total. The zero-order chi connectivity index (χ0) is 21.9. The van der Waals surface area contributed by atoms with Gasteiger partial charge in [0, 0.05) is 19.9 Å². The SMILES string of the molecule is CC(c1cccc(S(N)(=O)=O)c1)N(C)C(=O)CCc1ccc(-c2ccccc2F)o1. The van der Waals surface area contributed by atoms with Crippen molar-refractivity contribution in [1.82, 2.24) is 4.90 Å². The van der Waals surface area contributed by atoms with Gasteiger partial charge in [-0.15, -0.1) is 0 Å². The zero-order valence-corrected chi connectivity index (χ0v) is 17.5. The van der Waals surface area contributed by atoms with E-state index >= 15 is 0 Å². The molecule has 0 saturated carbocycles. The Balaban J connectivity index is 1.65. The summed E-state index contributed by atoms with van der Waals surface area (Å²) in [6.07, 6.45) is 0.557. The summed E-state index contributed by atoms with van der Waals surface area (Å²) in [7, 11) is -2.16. The van der Waals surface area contributed by atoms with Gasteiger partial charge in [-0.3, -0.25) is 4.79 Å². The van der Waals surface area contributed by atoms with Crippen LogP contribution in [0.25, 0.3) is 11.3 Å². The number of carbonyl (C=O) groups is 1. The highest BCUT2D eigenvalue weighted by Crippen LogP contribution is 2.26. The maximum atomic E-state index is 13.9. The summed E-state index contributed by atoms with van der Waals surface area (Å²) in [6, 6.07) is 15.6. The molecule has 0 aliphatic carbocycles. The Morgan fingerprint density at radius 2 is 1.87 bits per heavy atom. The minimum absolute atomic E-state index is 0.00366. The van der Waals surface area contributed by atoms with Gasteiger partial charge >= 0.3 is 0 Å². The first-order valence-electron chi connectivity index (χ1n) is 9.39. The van der Waals surface area contributed by atoms with Crippen LogP contribution >= 0.6 is 0 Å². The number of hydrogen-bond donors (Lipinski definition) is 1. The summed E-state index contributed by atoms with van der Waals surface area (Å²) in [5.41, 5.74) is 1.03. The number of rotatable bonds is 7. The van der Waals surface area contributed by atoms with Gasteiger partial charge in [0.1, 0.15) is 17.3 Å². The van der Waals surface area contributed by atoms with E-state index in [1.165, 1.54) is 18.2 Å². The quantitative estimate of drug-likeness (QED) is 0.615. The summed E-state index contributed by atoms with van der Waals surface area (Å²) in [4.78, 5) is 14.2. The van der Waals surface area contributed by atoms with Crippen LogP contribution in [0.4, 0.5) is 4.39 Å². The van der Waals surface area contributed by atoms with E-state index in [2.05, 4.69) is 0 Å². The molecule has 3 rings (SSSR count). The standard InChI is InChI=1S/C22H23FN2O4S/c1-15(16-6-5-7-18(14-16)30(24,27)28)25(2)22(26)13-11-17-10-12-21(29-17)19-8-3-4-9-20(19)23/h3-10,12,14-15H,11,13H2,1-2H3,(H2,24,27,28). The van der Waals surface area contributed by atoms with Gasteiger partial charge in [-0.05, 0) is 48.9 Å². The van der Waals surface area contributed by atoms with Crippen molar-refractivity contribution in [1.29, 1.82) is 0 Å². The van der Waals surface area contributed by atoms with Crippen LogP contribution in [0.1, 0.15) is 30.7 Å². The topological polar surface area (TPSA) is 93.6 Å². The number of nitrogens with zero attached hydrogens (tertiary/aromatic N) is 1. The highest BCUT2D eigenvalue weighted by atomic mass is 32.2. The fourth-order valence-electron chi connectivity index (χ4n) is 3.12. The first-order valence-corrected chi connectivity index (χ1v) is 10.9. The number of nitrogens with two attached hydrogens (primary N) is 1. The Morgan fingerprint density at radius 1 is 1.13 bits per heavy atom. The van der Waals surface area contributed by atoms with E-state index < -0.39 is 10.0 Å². The first-order chi connectivity index (χ1) is 14.2. The molecule has 1 atom stereocenters. The number of furan rings is 1. The highest BCUT2D eigenvalue weighted by molar-refractivity contribution is 7.89. The molecule has 0 aliphatic heterocycles. The Morgan fingerprint density at radius 3 is 2.57 bits per heavy atom. The van der Waals surface area contributed by atoms with E-state index in [1.807, 2.05) is 6.92 Å². The van der Waals surface area contributed by atoms with Crippen LogP contribution in [-0.4, -0.2) is 26.3 Å². The summed E-state index contributed by atoms with van der Waals surface area (Å²) >= 11 is 0. The number of halogens is 1. The molecule has 30 heavy (non-hydrogen) atoms. The molecule has 0 bridgehead atoms. The van der Waals surface area contributed by atoms with E-state index in [0.717, 1.165) is 0 Å². The number of carbonyl (C=O) groups excluding carboxylic acids is 1. The fraction of sp³-hybridized carbons (Fsp3) is 0.227. The van der Waals surface area contributed by atoms with E-state index in [4.69, 9.17) is 9.56 Å². The van der Waals surface area contributed by atoms with Gasteiger partial charge in [0.25, 0.3) is 0 Å². The molecule has 1 unspecified atom stereocenters. The van der Waals surface area contributed by atoms with Crippen molar-refractivity contribution in [2.24, 2.45) is 5.14 Å². The summed E-state index contributed by atoms with van der Waals surface area (Å²) in [5, 5.41) is 5.18. The molecule has 1 aromatic heterocycles. The maximum absolute atomic E-state index is 13.9. The Labute approximate surface area is 175 Å². The molecule has 1 heterocycles. The minimum Gasteiger partial charge on any atom is -0.461 e. The van der Waals surface area contributed by atoms with Gasteiger partial charge in [0.15, 0.2) is 0 Å². The molecule has 0 spiro atoms. The highest BCUT2D eigenvalue weighted by Gasteiger charge is 2.20. The summed E-state index contributed by atoms with van der Waals surface area (Å²) < 4.78 is 42.7. The van der Waals surface area contributed by atoms with Crippen molar-refractivity contribution in [3.63, 3.8) is 0 Å². The number of benzene rings is 2. The molecule has 0 saturated heterocycles. The third-order valence-electron chi connectivity index (χ3n) is 5.03. The number of primary sulfonamides is 1. The van der Waals surface area contributed by atoms with E-state index in [-0.39, 0.29) is 29.1 Å². The molecule has 2 N–H and O–H groups in total. The van der Waals surface area contributed by atoms with E-state index in [0.29, 0.717) is 29.1 Å². The lowest BCUT2D eigenvalue weighted by molar-refractivity contribution is -0.131. The van der Waals surface area contributed by atoms with Gasteiger partial charge < -0.3 is 9.32 Å². The second kappa shape index (κ2) is 8.81. The zero-order valence-electron chi connectivity index (χ0n) is 16.7. The average Bonchev–Trinajstić information content (AvgIpc) is 3.19. The smallest absolute Gasteiger partial charge is 0.238 e. The fourth-order valence-corrected chi connectivity index (χ4v) is 3.68. The molecule has 0 fully saturated rings. The largest absolute Gasteiger partial charge is 0.461 e. The third-order valence-corrected chi connectivity index (χ3v) is 5.94. The Hall–Kier alpha value is -2.97. The predicted octanol–water partition coefficient (Wildman–Crippen LogP) is 3.89. The van der Waals surface area contributed by atoms with Crippen LogP contribution in [0.15, 0.2) is 70.0 Å². The molecule has 1 amide bonds. The molecular weight excluding hydrogens is 407 g/mol. The van der Waals surface area contributed by atoms with Crippen LogP contribution in [0, 0.1) is 5.82 Å². The summed E-state index contributed by atoms with van der Waals surface area (Å²) in [6.45, 7) is 1.81. The van der Waals surface area contributed by atoms with Gasteiger partial charge in [-0.2, -0.15) is 0 Å². The Bertz CT molecular complexity index is 1160. The minimum atomic E-state index is -3.82. The predicted molar refractivity (Wildman–Crippen MR) is 111 cm³/mol. The van der Waals surface area contributed by atoms with Crippen molar-refractivity contribution in [2.75, 3.05) is 7.05 Å². The van der Waals surface area contributed by atoms with Gasteiger partial charge in [0.2, 0.25) is 15.9 Å². The molecule has 0 aliphatic rings.